The van der Waals surface area contributed by atoms with Gasteiger partial charge in [0.2, 0.25) is 0 Å². The van der Waals surface area contributed by atoms with Crippen LogP contribution in [0, 0.1) is 0 Å². The zero-order valence-corrected chi connectivity index (χ0v) is 15.9. The zero-order valence-electron chi connectivity index (χ0n) is 15.1. The van der Waals surface area contributed by atoms with Crippen molar-refractivity contribution in [2.75, 3.05) is 0 Å². The monoisotopic (exact) mass is 382 g/mol. The van der Waals surface area contributed by atoms with Crippen molar-refractivity contribution in [3.8, 4) is 0 Å². The fourth-order valence-electron chi connectivity index (χ4n) is 2.88. The molecule has 1 aliphatic heterocycles. The minimum atomic E-state index is 0.732. The molecule has 0 atom stereocenters. The van der Waals surface area contributed by atoms with E-state index in [1.807, 2.05) is 97.1 Å². The van der Waals surface area contributed by atoms with E-state index in [1.54, 1.807) is 0 Å². The van der Waals surface area contributed by atoms with E-state index in [2.05, 4.69) is 6.08 Å². The largest absolute Gasteiger partial charge is 0.456 e. The van der Waals surface area contributed by atoms with Crippen LogP contribution in [0.3, 0.4) is 0 Å². The maximum absolute atomic E-state index is 10.8. The lowest BCUT2D eigenvalue weighted by atomic mass is 10.0. The van der Waals surface area contributed by atoms with E-state index >= 15 is 0 Å². The van der Waals surface area contributed by atoms with Crippen molar-refractivity contribution < 1.29 is 9.53 Å². The summed E-state index contributed by atoms with van der Waals surface area (Å²) in [6.45, 7) is 0. The zero-order chi connectivity index (χ0) is 19.2. The number of rotatable bonds is 5. The highest BCUT2D eigenvalue weighted by Crippen LogP contribution is 2.32. The minimum Gasteiger partial charge on any atom is -0.456 e. The van der Waals surface area contributed by atoms with Gasteiger partial charge in [0.25, 0.3) is 0 Å². The average molecular weight is 382 g/mol. The number of hydrogen-bond acceptors (Lipinski definition) is 3. The smallest absolute Gasteiger partial charge is 0.160 e. The molecule has 2 heterocycles. The van der Waals surface area contributed by atoms with E-state index in [0.29, 0.717) is 0 Å². The predicted molar refractivity (Wildman–Crippen MR) is 117 cm³/mol. The molecule has 0 N–H and O–H groups in total. The van der Waals surface area contributed by atoms with Gasteiger partial charge in [0, 0.05) is 16.0 Å². The van der Waals surface area contributed by atoms with Gasteiger partial charge in [-0.05, 0) is 35.9 Å². The molecule has 1 aliphatic rings. The van der Waals surface area contributed by atoms with Crippen LogP contribution in [-0.4, -0.2) is 6.29 Å². The Morgan fingerprint density at radius 1 is 0.714 bits per heavy atom. The Bertz CT molecular complexity index is 1030. The Morgan fingerprint density at radius 3 is 1.82 bits per heavy atom. The summed E-state index contributed by atoms with van der Waals surface area (Å²) in [7, 11) is 0. The molecule has 0 radical (unpaired) electrons. The molecule has 1 aromatic heterocycles. The molecule has 28 heavy (non-hydrogen) atoms. The molecule has 0 saturated carbocycles. The topological polar surface area (TPSA) is 26.3 Å². The highest BCUT2D eigenvalue weighted by molar-refractivity contribution is 7.14. The number of benzene rings is 2. The summed E-state index contributed by atoms with van der Waals surface area (Å²) in [4.78, 5) is 12.6. The lowest BCUT2D eigenvalue weighted by Crippen LogP contribution is -1.99. The van der Waals surface area contributed by atoms with Crippen LogP contribution in [0.4, 0.5) is 0 Å². The number of allylic oxidation sites excluding steroid dienone is 5. The second kappa shape index (κ2) is 8.51. The molecule has 0 bridgehead atoms. The Labute approximate surface area is 168 Å². The summed E-state index contributed by atoms with van der Waals surface area (Å²) >= 11 is 1.47. The molecule has 0 saturated heterocycles. The van der Waals surface area contributed by atoms with Crippen LogP contribution < -0.4 is 0 Å². The van der Waals surface area contributed by atoms with Crippen molar-refractivity contribution in [2.24, 2.45) is 0 Å². The number of carbonyl (C=O) groups is 1. The van der Waals surface area contributed by atoms with Gasteiger partial charge >= 0.3 is 0 Å². The first-order valence-electron chi connectivity index (χ1n) is 8.97. The molecule has 0 fully saturated rings. The summed E-state index contributed by atoms with van der Waals surface area (Å²) in [5.41, 5.74) is 3.12. The van der Waals surface area contributed by atoms with Crippen molar-refractivity contribution in [1.29, 1.82) is 0 Å². The molecule has 3 aromatic rings. The SMILES string of the molecule is O=Cc1ccc(/C=C/C=C2C=C(c3ccccc3)OC(c3ccccc3)=C2)s1. The highest BCUT2D eigenvalue weighted by atomic mass is 32.1. The van der Waals surface area contributed by atoms with Crippen LogP contribution >= 0.6 is 11.3 Å². The number of hydrogen-bond donors (Lipinski definition) is 0. The third-order valence-electron chi connectivity index (χ3n) is 4.24. The molecular weight excluding hydrogens is 364 g/mol. The van der Waals surface area contributed by atoms with Crippen LogP contribution in [0.1, 0.15) is 25.7 Å². The molecular formula is C25H18O2S. The minimum absolute atomic E-state index is 0.732. The fraction of sp³-hybridized carbons (Fsp3) is 0. The van der Waals surface area contributed by atoms with Crippen molar-refractivity contribution in [3.05, 3.63) is 124 Å². The summed E-state index contributed by atoms with van der Waals surface area (Å²) < 4.78 is 6.19. The molecule has 2 aromatic carbocycles. The second-order valence-corrected chi connectivity index (χ2v) is 7.38. The number of thiophene rings is 1. The molecule has 2 nitrogen and oxygen atoms in total. The molecule has 136 valence electrons. The van der Waals surface area contributed by atoms with E-state index in [9.17, 15) is 4.79 Å². The van der Waals surface area contributed by atoms with Crippen molar-refractivity contribution in [1.82, 2.24) is 0 Å². The van der Waals surface area contributed by atoms with Gasteiger partial charge in [-0.1, -0.05) is 72.8 Å². The number of ether oxygens (including phenoxy) is 1. The van der Waals surface area contributed by atoms with Crippen molar-refractivity contribution in [2.45, 2.75) is 0 Å². The lowest BCUT2D eigenvalue weighted by molar-refractivity contribution is 0.112. The maximum Gasteiger partial charge on any atom is 0.160 e. The average Bonchev–Trinajstić information content (AvgIpc) is 3.23. The van der Waals surface area contributed by atoms with E-state index in [0.717, 1.165) is 44.3 Å². The Hall–Kier alpha value is -3.43. The Kier molecular flexibility index (Phi) is 5.46. The quantitative estimate of drug-likeness (QED) is 0.464. The summed E-state index contributed by atoms with van der Waals surface area (Å²) in [6.07, 6.45) is 11.0. The van der Waals surface area contributed by atoms with Gasteiger partial charge in [0.15, 0.2) is 6.29 Å². The molecule has 3 heteroatoms. The summed E-state index contributed by atoms with van der Waals surface area (Å²) in [5, 5.41) is 0. The predicted octanol–water partition coefficient (Wildman–Crippen LogP) is 6.61. The summed E-state index contributed by atoms with van der Waals surface area (Å²) in [5.74, 6) is 1.64. The van der Waals surface area contributed by atoms with Gasteiger partial charge in [-0.2, -0.15) is 0 Å². The third-order valence-corrected chi connectivity index (χ3v) is 5.22. The lowest BCUT2D eigenvalue weighted by Gasteiger charge is -2.18. The van der Waals surface area contributed by atoms with Gasteiger partial charge in [0.1, 0.15) is 11.5 Å². The van der Waals surface area contributed by atoms with Crippen molar-refractivity contribution >= 4 is 35.2 Å². The van der Waals surface area contributed by atoms with Crippen LogP contribution in [-0.2, 0) is 4.74 Å². The third kappa shape index (κ3) is 4.27. The second-order valence-electron chi connectivity index (χ2n) is 6.24. The molecule has 0 aliphatic carbocycles. The summed E-state index contributed by atoms with van der Waals surface area (Å²) in [6, 6.07) is 24.0. The standard InChI is InChI=1S/C25H18O2S/c26-18-23-15-14-22(28-23)13-7-8-19-16-24(20-9-3-1-4-10-20)27-25(17-19)21-11-5-2-6-12-21/h1-18H/b13-7+. The van der Waals surface area contributed by atoms with Gasteiger partial charge in [-0.3, -0.25) is 4.79 Å². The van der Waals surface area contributed by atoms with Gasteiger partial charge < -0.3 is 4.74 Å². The fourth-order valence-corrected chi connectivity index (χ4v) is 3.62. The van der Waals surface area contributed by atoms with Crippen LogP contribution in [0.15, 0.2) is 103 Å². The van der Waals surface area contributed by atoms with E-state index in [1.165, 1.54) is 11.3 Å². The molecule has 0 unspecified atom stereocenters. The van der Waals surface area contributed by atoms with Gasteiger partial charge in [0.05, 0.1) is 4.88 Å². The molecule has 0 spiro atoms. The Balaban J connectivity index is 1.67. The van der Waals surface area contributed by atoms with E-state index < -0.39 is 0 Å². The molecule has 0 amide bonds. The van der Waals surface area contributed by atoms with Gasteiger partial charge in [-0.25, -0.2) is 0 Å². The normalized spacial score (nSPS) is 13.6. The highest BCUT2D eigenvalue weighted by Gasteiger charge is 2.14. The van der Waals surface area contributed by atoms with Crippen LogP contribution in [0.25, 0.3) is 17.6 Å². The van der Waals surface area contributed by atoms with Crippen LogP contribution in [0.5, 0.6) is 0 Å². The number of carbonyl (C=O) groups excluding carboxylic acids is 1. The molecule has 4 rings (SSSR count). The Morgan fingerprint density at radius 2 is 1.29 bits per heavy atom. The van der Waals surface area contributed by atoms with Crippen molar-refractivity contribution in [3.63, 3.8) is 0 Å². The maximum atomic E-state index is 10.8. The van der Waals surface area contributed by atoms with E-state index in [-0.39, 0.29) is 0 Å². The first-order valence-corrected chi connectivity index (χ1v) is 9.79. The first-order chi connectivity index (χ1) is 13.8. The van der Waals surface area contributed by atoms with Crippen LogP contribution in [0.2, 0.25) is 0 Å². The van der Waals surface area contributed by atoms with Gasteiger partial charge in [-0.15, -0.1) is 11.3 Å². The van der Waals surface area contributed by atoms with E-state index in [4.69, 9.17) is 4.74 Å². The number of aldehydes is 1. The first kappa shape index (κ1) is 18.0.